The van der Waals surface area contributed by atoms with E-state index in [1.54, 1.807) is 0 Å². The number of rotatable bonds is 7. The van der Waals surface area contributed by atoms with Crippen molar-refractivity contribution < 1.29 is 14.3 Å². The van der Waals surface area contributed by atoms with Crippen molar-refractivity contribution in [1.82, 2.24) is 5.32 Å². The van der Waals surface area contributed by atoms with Gasteiger partial charge in [-0.15, -0.1) is 0 Å². The van der Waals surface area contributed by atoms with Crippen LogP contribution < -0.4 is 13.6 Å². The molecular formula is C23H33NO3Sn. The molecule has 1 amide bonds. The van der Waals surface area contributed by atoms with Crippen molar-refractivity contribution in [2.24, 2.45) is 0 Å². The average molecular weight is 490 g/mol. The Morgan fingerprint density at radius 1 is 1.00 bits per heavy atom. The van der Waals surface area contributed by atoms with Crippen molar-refractivity contribution >= 4 is 28.0 Å². The quantitative estimate of drug-likeness (QED) is 0.564. The number of carbonyl (C=O) groups excluding carboxylic acids is 1. The summed E-state index contributed by atoms with van der Waals surface area (Å²) in [5.74, 6) is 0.988. The van der Waals surface area contributed by atoms with E-state index in [0.29, 0.717) is 13.2 Å². The summed E-state index contributed by atoms with van der Waals surface area (Å²) in [5.41, 5.74) is 1.83. The van der Waals surface area contributed by atoms with Crippen LogP contribution in [-0.2, 0) is 17.8 Å². The number of hydrogen-bond donors (Lipinski definition) is 1. The molecule has 0 fully saturated rings. The van der Waals surface area contributed by atoms with Gasteiger partial charge in [0.05, 0.1) is 0 Å². The fourth-order valence-corrected chi connectivity index (χ4v) is 7.01. The molecule has 1 N–H and O–H groups in total. The predicted octanol–water partition coefficient (Wildman–Crippen LogP) is 4.88. The van der Waals surface area contributed by atoms with Gasteiger partial charge in [-0.1, -0.05) is 0 Å². The minimum atomic E-state index is -2.31. The second-order valence-electron chi connectivity index (χ2n) is 9.03. The summed E-state index contributed by atoms with van der Waals surface area (Å²) in [7, 11) is 0. The van der Waals surface area contributed by atoms with E-state index in [4.69, 9.17) is 9.47 Å². The second kappa shape index (κ2) is 9.68. The third-order valence-electron chi connectivity index (χ3n) is 4.17. The number of nitrogens with one attached hydrogen (secondary N) is 1. The third-order valence-corrected chi connectivity index (χ3v) is 9.96. The van der Waals surface area contributed by atoms with Crippen molar-refractivity contribution in [3.63, 3.8) is 0 Å². The van der Waals surface area contributed by atoms with Crippen molar-refractivity contribution in [1.29, 1.82) is 0 Å². The molecule has 0 saturated heterocycles. The Morgan fingerprint density at radius 2 is 1.68 bits per heavy atom. The van der Waals surface area contributed by atoms with Crippen molar-refractivity contribution in [3.05, 3.63) is 59.7 Å². The van der Waals surface area contributed by atoms with Gasteiger partial charge in [-0.25, -0.2) is 0 Å². The molecule has 28 heavy (non-hydrogen) atoms. The number of amides is 1. The number of hydrogen-bond acceptors (Lipinski definition) is 3. The fraction of sp³-hybridized carbons (Fsp3) is 0.435. The average Bonchev–Trinajstić information content (AvgIpc) is 2.58. The van der Waals surface area contributed by atoms with Crippen LogP contribution in [0.25, 0.3) is 0 Å². The zero-order valence-electron chi connectivity index (χ0n) is 18.0. The van der Waals surface area contributed by atoms with E-state index in [9.17, 15) is 4.79 Å². The van der Waals surface area contributed by atoms with Crippen LogP contribution in [0.2, 0.25) is 14.8 Å². The first-order valence-electron chi connectivity index (χ1n) is 9.81. The number of alkyl carbamates (subject to hydrolysis) is 1. The Labute approximate surface area is 173 Å². The Bertz CT molecular complexity index is 777. The van der Waals surface area contributed by atoms with Crippen molar-refractivity contribution in [3.8, 4) is 5.75 Å². The summed E-state index contributed by atoms with van der Waals surface area (Å²) in [4.78, 5) is 19.0. The summed E-state index contributed by atoms with van der Waals surface area (Å²) in [6, 6.07) is 16.7. The zero-order chi connectivity index (χ0) is 20.8. The molecule has 2 aromatic carbocycles. The normalized spacial score (nSPS) is 11.8. The van der Waals surface area contributed by atoms with Gasteiger partial charge in [0.15, 0.2) is 0 Å². The number of ether oxygens (including phenoxy) is 2. The number of carbonyl (C=O) groups is 1. The summed E-state index contributed by atoms with van der Waals surface area (Å²) < 4.78 is 12.9. The summed E-state index contributed by atoms with van der Waals surface area (Å²) in [5, 5.41) is 2.82. The van der Waals surface area contributed by atoms with Gasteiger partial charge in [0.1, 0.15) is 0 Å². The van der Waals surface area contributed by atoms with Gasteiger partial charge in [-0.3, -0.25) is 0 Å². The van der Waals surface area contributed by atoms with Gasteiger partial charge >= 0.3 is 174 Å². The van der Waals surface area contributed by atoms with Crippen LogP contribution in [-0.4, -0.2) is 36.6 Å². The molecule has 152 valence electrons. The molecule has 0 spiro atoms. The minimum absolute atomic E-state index is 0.379. The Morgan fingerprint density at radius 3 is 2.29 bits per heavy atom. The molecule has 0 saturated carbocycles. The molecule has 0 aliphatic rings. The molecule has 0 heterocycles. The molecule has 0 atom stereocenters. The predicted molar refractivity (Wildman–Crippen MR) is 118 cm³/mol. The zero-order valence-corrected chi connectivity index (χ0v) is 20.8. The van der Waals surface area contributed by atoms with Crippen LogP contribution in [0, 0.1) is 0 Å². The molecule has 0 radical (unpaired) electrons. The van der Waals surface area contributed by atoms with Gasteiger partial charge in [0.25, 0.3) is 0 Å². The maximum atomic E-state index is 11.8. The fourth-order valence-electron chi connectivity index (χ4n) is 2.82. The first-order chi connectivity index (χ1) is 13.0. The van der Waals surface area contributed by atoms with Crippen molar-refractivity contribution in [2.45, 2.75) is 54.2 Å². The first-order valence-corrected chi connectivity index (χ1v) is 19.8. The van der Waals surface area contributed by atoms with Crippen LogP contribution in [0.4, 0.5) is 4.79 Å². The SMILES string of the molecule is CC(C)(C)OC(=O)NCCc1cc[c]([Sn]([CH3])([CH3])[CH3])c(OCc2ccccc2)c1. The van der Waals surface area contributed by atoms with Crippen molar-refractivity contribution in [2.75, 3.05) is 6.54 Å². The topological polar surface area (TPSA) is 47.6 Å². The first kappa shape index (κ1) is 22.6. The molecular weight excluding hydrogens is 457 g/mol. The van der Waals surface area contributed by atoms with E-state index in [-0.39, 0.29) is 6.09 Å². The standard InChI is InChI=1S/C20H24NO3.3CH3.Sn/c1-20(2,3)24-19(22)21-13-12-16-10-7-11-18(14-16)23-15-17-8-5-4-6-9-17;;;;/h4-10,14H,12-13,15H2,1-3H3,(H,21,22);3*1H3;. The van der Waals surface area contributed by atoms with Crippen LogP contribution in [0.3, 0.4) is 0 Å². The van der Waals surface area contributed by atoms with Gasteiger partial charge in [-0.05, 0) is 0 Å². The molecule has 5 heteroatoms. The Balaban J connectivity index is 2.04. The molecule has 0 bridgehead atoms. The molecule has 4 nitrogen and oxygen atoms in total. The van der Waals surface area contributed by atoms with E-state index in [2.05, 4.69) is 50.5 Å². The van der Waals surface area contributed by atoms with Gasteiger partial charge in [0.2, 0.25) is 0 Å². The van der Waals surface area contributed by atoms with Gasteiger partial charge < -0.3 is 0 Å². The van der Waals surface area contributed by atoms with E-state index >= 15 is 0 Å². The Hall–Kier alpha value is -1.69. The van der Waals surface area contributed by atoms with Gasteiger partial charge in [0, 0.05) is 0 Å². The molecule has 0 unspecified atom stereocenters. The van der Waals surface area contributed by atoms with Crippen LogP contribution in [0.15, 0.2) is 48.5 Å². The molecule has 2 rings (SSSR count). The van der Waals surface area contributed by atoms with E-state index in [1.165, 1.54) is 3.58 Å². The molecule has 0 aliphatic heterocycles. The van der Waals surface area contributed by atoms with Gasteiger partial charge in [-0.2, -0.15) is 0 Å². The monoisotopic (exact) mass is 491 g/mol. The Kier molecular flexibility index (Phi) is 7.81. The molecule has 0 aliphatic carbocycles. The van der Waals surface area contributed by atoms with Crippen LogP contribution >= 0.6 is 0 Å². The summed E-state index contributed by atoms with van der Waals surface area (Å²) in [6.07, 6.45) is 0.358. The second-order valence-corrected chi connectivity index (χ2v) is 23.4. The van der Waals surface area contributed by atoms with E-state index < -0.39 is 24.0 Å². The molecule has 0 aromatic heterocycles. The van der Waals surface area contributed by atoms with E-state index in [0.717, 1.165) is 23.3 Å². The number of benzene rings is 2. The molecule has 2 aromatic rings. The summed E-state index contributed by atoms with van der Waals surface area (Å²) in [6.45, 7) is 6.68. The summed E-state index contributed by atoms with van der Waals surface area (Å²) >= 11 is -2.31. The van der Waals surface area contributed by atoms with Crippen LogP contribution in [0.5, 0.6) is 5.75 Å². The third kappa shape index (κ3) is 7.74. The van der Waals surface area contributed by atoms with Crippen LogP contribution in [0.1, 0.15) is 31.9 Å². The van der Waals surface area contributed by atoms with E-state index in [1.807, 2.05) is 39.0 Å². The maximum absolute atomic E-state index is 11.8.